The van der Waals surface area contributed by atoms with Crippen molar-refractivity contribution < 1.29 is 13.9 Å². The van der Waals surface area contributed by atoms with E-state index in [1.165, 1.54) is 42.5 Å². The van der Waals surface area contributed by atoms with Gasteiger partial charge in [-0.05, 0) is 35.4 Å². The first kappa shape index (κ1) is 12.2. The first-order valence-corrected chi connectivity index (χ1v) is 5.75. The molecule has 88 valence electrons. The van der Waals surface area contributed by atoms with Crippen LogP contribution in [0.15, 0.2) is 46.9 Å². The van der Waals surface area contributed by atoms with Gasteiger partial charge in [-0.3, -0.25) is 0 Å². The highest BCUT2D eigenvalue weighted by Crippen LogP contribution is 2.29. The molecule has 0 aliphatic carbocycles. The number of halogens is 3. The van der Waals surface area contributed by atoms with Crippen molar-refractivity contribution >= 4 is 15.9 Å². The monoisotopic (exact) mass is 298 g/mol. The first-order valence-electron chi connectivity index (χ1n) is 4.96. The van der Waals surface area contributed by atoms with Crippen LogP contribution in [-0.2, 0) is 0 Å². The van der Waals surface area contributed by atoms with Crippen LogP contribution in [0.25, 0.3) is 0 Å². The third kappa shape index (κ3) is 2.70. The van der Waals surface area contributed by atoms with Gasteiger partial charge in [0.25, 0.3) is 0 Å². The predicted octanol–water partition coefficient (Wildman–Crippen LogP) is 3.81. The molecule has 0 saturated heterocycles. The maximum absolute atomic E-state index is 12.9. The predicted molar refractivity (Wildman–Crippen MR) is 64.6 cm³/mol. The SMILES string of the molecule is O[C@H](c1ccc(F)cc1)c1ccc(F)cc1Br. The Morgan fingerprint density at radius 1 is 0.941 bits per heavy atom. The molecule has 1 nitrogen and oxygen atoms in total. The molecule has 0 fully saturated rings. The van der Waals surface area contributed by atoms with Crippen LogP contribution in [0.4, 0.5) is 8.78 Å². The second-order valence-corrected chi connectivity index (χ2v) is 4.47. The molecule has 1 atom stereocenters. The Hall–Kier alpha value is -1.26. The van der Waals surface area contributed by atoms with Gasteiger partial charge in [0.1, 0.15) is 17.7 Å². The molecular formula is C13H9BrF2O. The molecule has 0 aliphatic heterocycles. The number of hydrogen-bond donors (Lipinski definition) is 1. The Kier molecular flexibility index (Phi) is 3.54. The minimum atomic E-state index is -0.912. The topological polar surface area (TPSA) is 20.2 Å². The van der Waals surface area contributed by atoms with Crippen LogP contribution in [0, 0.1) is 11.6 Å². The summed E-state index contributed by atoms with van der Waals surface area (Å²) in [4.78, 5) is 0. The zero-order chi connectivity index (χ0) is 12.4. The number of aliphatic hydroxyl groups excluding tert-OH is 1. The van der Waals surface area contributed by atoms with Crippen molar-refractivity contribution in [2.24, 2.45) is 0 Å². The second-order valence-electron chi connectivity index (χ2n) is 3.62. The van der Waals surface area contributed by atoms with E-state index in [0.29, 0.717) is 15.6 Å². The molecule has 0 aromatic heterocycles. The van der Waals surface area contributed by atoms with E-state index in [2.05, 4.69) is 15.9 Å². The summed E-state index contributed by atoms with van der Waals surface area (Å²) in [6.07, 6.45) is -0.912. The normalized spacial score (nSPS) is 12.5. The lowest BCUT2D eigenvalue weighted by Gasteiger charge is -2.13. The van der Waals surface area contributed by atoms with Gasteiger partial charge in [-0.1, -0.05) is 34.1 Å². The number of benzene rings is 2. The number of rotatable bonds is 2. The van der Waals surface area contributed by atoms with Crippen molar-refractivity contribution in [2.75, 3.05) is 0 Å². The summed E-state index contributed by atoms with van der Waals surface area (Å²) < 4.78 is 26.1. The van der Waals surface area contributed by atoms with Crippen LogP contribution in [0.2, 0.25) is 0 Å². The smallest absolute Gasteiger partial charge is 0.124 e. The maximum Gasteiger partial charge on any atom is 0.124 e. The summed E-state index contributed by atoms with van der Waals surface area (Å²) in [6, 6.07) is 9.58. The highest BCUT2D eigenvalue weighted by atomic mass is 79.9. The van der Waals surface area contributed by atoms with E-state index in [9.17, 15) is 13.9 Å². The summed E-state index contributed by atoms with van der Waals surface area (Å²) in [6.45, 7) is 0. The van der Waals surface area contributed by atoms with E-state index in [0.717, 1.165) is 0 Å². The largest absolute Gasteiger partial charge is 0.384 e. The molecule has 0 heterocycles. The van der Waals surface area contributed by atoms with Crippen molar-refractivity contribution in [3.63, 3.8) is 0 Å². The van der Waals surface area contributed by atoms with Crippen LogP contribution in [0.5, 0.6) is 0 Å². The van der Waals surface area contributed by atoms with Crippen molar-refractivity contribution in [3.8, 4) is 0 Å². The summed E-state index contributed by atoms with van der Waals surface area (Å²) >= 11 is 3.19. The van der Waals surface area contributed by atoms with Gasteiger partial charge in [0.15, 0.2) is 0 Å². The summed E-state index contributed by atoms with van der Waals surface area (Å²) in [5.41, 5.74) is 1.09. The van der Waals surface area contributed by atoms with Crippen LogP contribution in [0.3, 0.4) is 0 Å². The fraction of sp³-hybridized carbons (Fsp3) is 0.0769. The molecule has 2 aromatic rings. The fourth-order valence-electron chi connectivity index (χ4n) is 1.55. The molecule has 0 amide bonds. The average Bonchev–Trinajstić information content (AvgIpc) is 2.29. The molecule has 2 aromatic carbocycles. The first-order chi connectivity index (χ1) is 8.08. The molecule has 2 rings (SSSR count). The van der Waals surface area contributed by atoms with Crippen LogP contribution in [-0.4, -0.2) is 5.11 Å². The van der Waals surface area contributed by atoms with Crippen molar-refractivity contribution in [1.82, 2.24) is 0 Å². The molecule has 0 unspecified atom stereocenters. The molecule has 0 aliphatic rings. The Morgan fingerprint density at radius 3 is 2.12 bits per heavy atom. The Bertz CT molecular complexity index is 525. The highest BCUT2D eigenvalue weighted by molar-refractivity contribution is 9.10. The maximum atomic E-state index is 12.9. The standard InChI is InChI=1S/C13H9BrF2O/c14-12-7-10(16)5-6-11(12)13(17)8-1-3-9(15)4-2-8/h1-7,13,17H/t13-/m1/s1. The van der Waals surface area contributed by atoms with E-state index in [1.54, 1.807) is 0 Å². The minimum absolute atomic E-state index is 0.362. The summed E-state index contributed by atoms with van der Waals surface area (Å²) in [7, 11) is 0. The molecule has 0 bridgehead atoms. The van der Waals surface area contributed by atoms with Gasteiger partial charge in [0.2, 0.25) is 0 Å². The lowest BCUT2D eigenvalue weighted by Crippen LogP contribution is -2.01. The Labute approximate surface area is 106 Å². The van der Waals surface area contributed by atoms with E-state index in [-0.39, 0.29) is 11.6 Å². The zero-order valence-electron chi connectivity index (χ0n) is 8.70. The lowest BCUT2D eigenvalue weighted by atomic mass is 10.0. The second kappa shape index (κ2) is 4.94. The van der Waals surface area contributed by atoms with Gasteiger partial charge in [-0.15, -0.1) is 0 Å². The van der Waals surface area contributed by atoms with Gasteiger partial charge in [0.05, 0.1) is 0 Å². The van der Waals surface area contributed by atoms with Crippen LogP contribution in [0.1, 0.15) is 17.2 Å². The van der Waals surface area contributed by atoms with Gasteiger partial charge in [-0.2, -0.15) is 0 Å². The third-order valence-corrected chi connectivity index (χ3v) is 3.13. The molecule has 0 spiro atoms. The Balaban J connectivity index is 2.36. The van der Waals surface area contributed by atoms with Gasteiger partial charge >= 0.3 is 0 Å². The van der Waals surface area contributed by atoms with E-state index >= 15 is 0 Å². The lowest BCUT2D eigenvalue weighted by molar-refractivity contribution is 0.219. The van der Waals surface area contributed by atoms with E-state index < -0.39 is 6.10 Å². The molecule has 0 saturated carbocycles. The van der Waals surface area contributed by atoms with Crippen molar-refractivity contribution in [2.45, 2.75) is 6.10 Å². The summed E-state index contributed by atoms with van der Waals surface area (Å²) in [5, 5.41) is 10.1. The van der Waals surface area contributed by atoms with Crippen LogP contribution >= 0.6 is 15.9 Å². The molecule has 17 heavy (non-hydrogen) atoms. The number of aliphatic hydroxyl groups is 1. The molecule has 4 heteroatoms. The molecule has 1 N–H and O–H groups in total. The third-order valence-electron chi connectivity index (χ3n) is 2.44. The zero-order valence-corrected chi connectivity index (χ0v) is 10.3. The van der Waals surface area contributed by atoms with Gasteiger partial charge in [0, 0.05) is 4.47 Å². The number of hydrogen-bond acceptors (Lipinski definition) is 1. The quantitative estimate of drug-likeness (QED) is 0.894. The van der Waals surface area contributed by atoms with E-state index in [4.69, 9.17) is 0 Å². The Morgan fingerprint density at radius 2 is 1.53 bits per heavy atom. The highest BCUT2D eigenvalue weighted by Gasteiger charge is 2.14. The summed E-state index contributed by atoms with van der Waals surface area (Å²) in [5.74, 6) is -0.744. The van der Waals surface area contributed by atoms with E-state index in [1.807, 2.05) is 0 Å². The minimum Gasteiger partial charge on any atom is -0.384 e. The molecular weight excluding hydrogens is 290 g/mol. The van der Waals surface area contributed by atoms with Gasteiger partial charge in [-0.25, -0.2) is 8.78 Å². The van der Waals surface area contributed by atoms with Crippen molar-refractivity contribution in [3.05, 3.63) is 69.7 Å². The molecule has 0 radical (unpaired) electrons. The van der Waals surface area contributed by atoms with Gasteiger partial charge < -0.3 is 5.11 Å². The average molecular weight is 299 g/mol. The fourth-order valence-corrected chi connectivity index (χ4v) is 2.12. The van der Waals surface area contributed by atoms with Crippen LogP contribution < -0.4 is 0 Å². The van der Waals surface area contributed by atoms with Crippen molar-refractivity contribution in [1.29, 1.82) is 0 Å².